The SMILES string of the molecule is Clc1ccccc1-c1cc(-c2cc(-c3ccccc3)nc(-c3ccccc3-c3ccccc3)n2)c2ccccc2c1. The highest BCUT2D eigenvalue weighted by Gasteiger charge is 2.17. The van der Waals surface area contributed by atoms with E-state index < -0.39 is 0 Å². The van der Waals surface area contributed by atoms with Gasteiger partial charge in [0.25, 0.3) is 0 Å². The number of hydrogen-bond acceptors (Lipinski definition) is 2. The first-order chi connectivity index (χ1) is 20.2. The van der Waals surface area contributed by atoms with E-state index in [0.29, 0.717) is 5.82 Å². The van der Waals surface area contributed by atoms with Gasteiger partial charge in [-0.2, -0.15) is 0 Å². The molecule has 3 heteroatoms. The molecule has 0 spiro atoms. The van der Waals surface area contributed by atoms with Gasteiger partial charge in [-0.05, 0) is 51.7 Å². The summed E-state index contributed by atoms with van der Waals surface area (Å²) in [7, 11) is 0. The average Bonchev–Trinajstić information content (AvgIpc) is 3.05. The van der Waals surface area contributed by atoms with Crippen LogP contribution < -0.4 is 0 Å². The van der Waals surface area contributed by atoms with Gasteiger partial charge in [-0.3, -0.25) is 0 Å². The van der Waals surface area contributed by atoms with E-state index in [9.17, 15) is 0 Å². The molecule has 0 fully saturated rings. The van der Waals surface area contributed by atoms with Gasteiger partial charge in [-0.15, -0.1) is 0 Å². The standard InChI is InChI=1S/C38H25ClN2/c39-35-22-12-11-20-32(35)29-23-28-17-7-8-19-31(28)34(24-29)37-25-36(27-15-5-2-6-16-27)40-38(41-37)33-21-10-9-18-30(33)26-13-3-1-4-14-26/h1-25H. The van der Waals surface area contributed by atoms with Gasteiger partial charge in [0, 0.05) is 27.3 Å². The van der Waals surface area contributed by atoms with Gasteiger partial charge >= 0.3 is 0 Å². The molecule has 0 aliphatic carbocycles. The molecular formula is C38H25ClN2. The molecule has 0 radical (unpaired) electrons. The summed E-state index contributed by atoms with van der Waals surface area (Å²) >= 11 is 6.67. The smallest absolute Gasteiger partial charge is 0.161 e. The van der Waals surface area contributed by atoms with Crippen molar-refractivity contribution < 1.29 is 0 Å². The fourth-order valence-corrected chi connectivity index (χ4v) is 5.63. The molecule has 0 unspecified atom stereocenters. The molecule has 0 saturated heterocycles. The summed E-state index contributed by atoms with van der Waals surface area (Å²) in [6, 6.07) is 52.0. The van der Waals surface area contributed by atoms with Gasteiger partial charge in [-0.25, -0.2) is 9.97 Å². The fourth-order valence-electron chi connectivity index (χ4n) is 5.38. The second-order valence-corrected chi connectivity index (χ2v) is 10.4. The van der Waals surface area contributed by atoms with Crippen LogP contribution in [0.1, 0.15) is 0 Å². The van der Waals surface area contributed by atoms with Gasteiger partial charge in [0.2, 0.25) is 0 Å². The quantitative estimate of drug-likeness (QED) is 0.215. The number of nitrogens with zero attached hydrogens (tertiary/aromatic N) is 2. The Morgan fingerprint density at radius 2 is 0.976 bits per heavy atom. The van der Waals surface area contributed by atoms with E-state index >= 15 is 0 Å². The van der Waals surface area contributed by atoms with E-state index in [0.717, 1.165) is 66.1 Å². The first-order valence-electron chi connectivity index (χ1n) is 13.6. The highest BCUT2D eigenvalue weighted by atomic mass is 35.5. The molecule has 194 valence electrons. The van der Waals surface area contributed by atoms with Crippen molar-refractivity contribution in [2.75, 3.05) is 0 Å². The highest BCUT2D eigenvalue weighted by Crippen LogP contribution is 2.38. The zero-order valence-corrected chi connectivity index (χ0v) is 23.0. The van der Waals surface area contributed by atoms with E-state index in [1.54, 1.807) is 0 Å². The van der Waals surface area contributed by atoms with Crippen LogP contribution in [-0.2, 0) is 0 Å². The van der Waals surface area contributed by atoms with Crippen LogP contribution in [0.2, 0.25) is 5.02 Å². The van der Waals surface area contributed by atoms with E-state index in [-0.39, 0.29) is 0 Å². The lowest BCUT2D eigenvalue weighted by Crippen LogP contribution is -1.98. The van der Waals surface area contributed by atoms with Gasteiger partial charge in [0.15, 0.2) is 5.82 Å². The molecule has 0 atom stereocenters. The van der Waals surface area contributed by atoms with Crippen LogP contribution in [0.25, 0.3) is 66.9 Å². The van der Waals surface area contributed by atoms with Gasteiger partial charge in [-0.1, -0.05) is 139 Å². The number of aromatic nitrogens is 2. The Hall–Kier alpha value is -5.05. The number of fused-ring (bicyclic) bond motifs is 1. The van der Waals surface area contributed by atoms with Gasteiger partial charge in [0.1, 0.15) is 0 Å². The Labute approximate surface area is 244 Å². The zero-order valence-electron chi connectivity index (χ0n) is 22.2. The Morgan fingerprint density at radius 1 is 0.390 bits per heavy atom. The predicted molar refractivity (Wildman–Crippen MR) is 172 cm³/mol. The lowest BCUT2D eigenvalue weighted by molar-refractivity contribution is 1.19. The molecule has 6 aromatic carbocycles. The molecule has 2 nitrogen and oxygen atoms in total. The second kappa shape index (κ2) is 10.8. The molecule has 1 aromatic heterocycles. The van der Waals surface area contributed by atoms with Crippen LogP contribution in [0.4, 0.5) is 0 Å². The molecule has 0 bridgehead atoms. The molecular weight excluding hydrogens is 520 g/mol. The van der Waals surface area contributed by atoms with Crippen molar-refractivity contribution in [1.29, 1.82) is 0 Å². The van der Waals surface area contributed by atoms with Crippen LogP contribution in [0, 0.1) is 0 Å². The summed E-state index contributed by atoms with van der Waals surface area (Å²) in [4.78, 5) is 10.4. The van der Waals surface area contributed by atoms with Crippen LogP contribution >= 0.6 is 11.6 Å². The Balaban J connectivity index is 1.51. The molecule has 0 aliphatic heterocycles. The maximum atomic E-state index is 6.67. The largest absolute Gasteiger partial charge is 0.228 e. The summed E-state index contributed by atoms with van der Waals surface area (Å²) in [6.45, 7) is 0. The molecule has 0 saturated carbocycles. The maximum Gasteiger partial charge on any atom is 0.161 e. The second-order valence-electron chi connectivity index (χ2n) is 9.96. The van der Waals surface area contributed by atoms with Crippen LogP contribution in [0.15, 0.2) is 152 Å². The van der Waals surface area contributed by atoms with E-state index in [4.69, 9.17) is 21.6 Å². The molecule has 7 aromatic rings. The molecule has 41 heavy (non-hydrogen) atoms. The van der Waals surface area contributed by atoms with Crippen molar-refractivity contribution in [3.8, 4) is 56.2 Å². The summed E-state index contributed by atoms with van der Waals surface area (Å²) in [5, 5.41) is 2.98. The number of benzene rings is 6. The number of hydrogen-bond donors (Lipinski definition) is 0. The summed E-state index contributed by atoms with van der Waals surface area (Å²) in [5.41, 5.74) is 9.08. The van der Waals surface area contributed by atoms with E-state index in [2.05, 4.69) is 103 Å². The first-order valence-corrected chi connectivity index (χ1v) is 14.0. The number of halogens is 1. The molecule has 0 amide bonds. The van der Waals surface area contributed by atoms with E-state index in [1.807, 2.05) is 48.5 Å². The summed E-state index contributed by atoms with van der Waals surface area (Å²) in [6.07, 6.45) is 0. The third kappa shape index (κ3) is 4.91. The van der Waals surface area contributed by atoms with Crippen LogP contribution in [0.5, 0.6) is 0 Å². The minimum absolute atomic E-state index is 0.688. The van der Waals surface area contributed by atoms with Gasteiger partial charge in [0.05, 0.1) is 11.4 Å². The van der Waals surface area contributed by atoms with Crippen LogP contribution in [0.3, 0.4) is 0 Å². The minimum atomic E-state index is 0.688. The summed E-state index contributed by atoms with van der Waals surface area (Å²) < 4.78 is 0. The van der Waals surface area contributed by atoms with Crippen molar-refractivity contribution in [3.05, 3.63) is 157 Å². The lowest BCUT2D eigenvalue weighted by atomic mass is 9.94. The average molecular weight is 545 g/mol. The first kappa shape index (κ1) is 25.0. The molecule has 7 rings (SSSR count). The third-order valence-electron chi connectivity index (χ3n) is 7.37. The molecule has 1 heterocycles. The normalized spacial score (nSPS) is 11.0. The maximum absolute atomic E-state index is 6.67. The Bertz CT molecular complexity index is 2000. The predicted octanol–water partition coefficient (Wildman–Crippen LogP) is 10.6. The lowest BCUT2D eigenvalue weighted by Gasteiger charge is -2.15. The minimum Gasteiger partial charge on any atom is -0.228 e. The number of rotatable bonds is 5. The van der Waals surface area contributed by atoms with Crippen molar-refractivity contribution in [2.24, 2.45) is 0 Å². The van der Waals surface area contributed by atoms with E-state index in [1.165, 1.54) is 0 Å². The monoisotopic (exact) mass is 544 g/mol. The van der Waals surface area contributed by atoms with Crippen molar-refractivity contribution in [3.63, 3.8) is 0 Å². The molecule has 0 N–H and O–H groups in total. The van der Waals surface area contributed by atoms with Crippen molar-refractivity contribution >= 4 is 22.4 Å². The van der Waals surface area contributed by atoms with Crippen molar-refractivity contribution in [2.45, 2.75) is 0 Å². The van der Waals surface area contributed by atoms with Crippen molar-refractivity contribution in [1.82, 2.24) is 9.97 Å². The van der Waals surface area contributed by atoms with Gasteiger partial charge < -0.3 is 0 Å². The zero-order chi connectivity index (χ0) is 27.6. The summed E-state index contributed by atoms with van der Waals surface area (Å²) in [5.74, 6) is 0.688. The Kier molecular flexibility index (Phi) is 6.60. The third-order valence-corrected chi connectivity index (χ3v) is 7.70. The topological polar surface area (TPSA) is 25.8 Å². The highest BCUT2D eigenvalue weighted by molar-refractivity contribution is 6.33. The fraction of sp³-hybridized carbons (Fsp3) is 0. The molecule has 0 aliphatic rings. The Morgan fingerprint density at radius 3 is 1.73 bits per heavy atom. The van der Waals surface area contributed by atoms with Crippen LogP contribution in [-0.4, -0.2) is 9.97 Å².